The molecule has 0 aromatic carbocycles. The molecule has 0 saturated carbocycles. The van der Waals surface area contributed by atoms with Crippen LogP contribution in [0.3, 0.4) is 0 Å². The molecule has 0 aliphatic rings. The van der Waals surface area contributed by atoms with Gasteiger partial charge in [-0.15, -0.1) is 0 Å². The van der Waals surface area contributed by atoms with Crippen LogP contribution in [-0.2, 0) is 14.8 Å². The molecule has 2 N–H and O–H groups in total. The van der Waals surface area contributed by atoms with Gasteiger partial charge in [0, 0.05) is 20.3 Å². The van der Waals surface area contributed by atoms with Gasteiger partial charge in [0.05, 0.1) is 5.75 Å². The summed E-state index contributed by atoms with van der Waals surface area (Å²) in [5.41, 5.74) is 0. The van der Waals surface area contributed by atoms with Crippen LogP contribution in [0.25, 0.3) is 0 Å². The number of unbranched alkanes of at least 4 members (excludes halogenated alkanes) is 1. The van der Waals surface area contributed by atoms with Gasteiger partial charge in [-0.3, -0.25) is 0 Å². The number of sulfonamides is 1. The molecule has 0 atom stereocenters. The van der Waals surface area contributed by atoms with Crippen molar-refractivity contribution in [1.82, 2.24) is 10.0 Å². The van der Waals surface area contributed by atoms with Crippen molar-refractivity contribution < 1.29 is 13.2 Å². The van der Waals surface area contributed by atoms with Gasteiger partial charge in [0.25, 0.3) is 0 Å². The van der Waals surface area contributed by atoms with Crippen molar-refractivity contribution in [2.45, 2.75) is 32.6 Å². The third kappa shape index (κ3) is 12.1. The second kappa shape index (κ2) is 11.0. The second-order valence-electron chi connectivity index (χ2n) is 4.02. The van der Waals surface area contributed by atoms with E-state index >= 15 is 0 Å². The number of hydrogen-bond donors (Lipinski definition) is 2. The van der Waals surface area contributed by atoms with Crippen molar-refractivity contribution in [2.24, 2.45) is 0 Å². The van der Waals surface area contributed by atoms with Crippen molar-refractivity contribution in [3.05, 3.63) is 0 Å². The van der Waals surface area contributed by atoms with Gasteiger partial charge < -0.3 is 10.1 Å². The Morgan fingerprint density at radius 2 is 1.82 bits per heavy atom. The quantitative estimate of drug-likeness (QED) is 0.511. The van der Waals surface area contributed by atoms with E-state index in [1.54, 1.807) is 7.11 Å². The molecule has 0 aliphatic heterocycles. The van der Waals surface area contributed by atoms with E-state index in [-0.39, 0.29) is 5.75 Å². The van der Waals surface area contributed by atoms with E-state index in [1.807, 2.05) is 0 Å². The average Bonchev–Trinajstić information content (AvgIpc) is 2.29. The normalized spacial score (nSPS) is 11.9. The van der Waals surface area contributed by atoms with Crippen LogP contribution in [0.4, 0.5) is 0 Å². The fraction of sp³-hybridized carbons (Fsp3) is 1.00. The molecule has 0 unspecified atom stereocenters. The first-order chi connectivity index (χ1) is 8.12. The van der Waals surface area contributed by atoms with E-state index in [2.05, 4.69) is 17.0 Å². The summed E-state index contributed by atoms with van der Waals surface area (Å²) in [6.45, 7) is 5.06. The fourth-order valence-electron chi connectivity index (χ4n) is 1.36. The van der Waals surface area contributed by atoms with E-state index in [4.69, 9.17) is 4.74 Å². The maximum Gasteiger partial charge on any atom is 0.211 e. The molecule has 0 heterocycles. The van der Waals surface area contributed by atoms with Crippen LogP contribution in [0.5, 0.6) is 0 Å². The Morgan fingerprint density at radius 1 is 1.06 bits per heavy atom. The summed E-state index contributed by atoms with van der Waals surface area (Å²) in [4.78, 5) is 0. The van der Waals surface area contributed by atoms with Gasteiger partial charge in [-0.1, -0.05) is 6.92 Å². The van der Waals surface area contributed by atoms with Gasteiger partial charge in [0.15, 0.2) is 0 Å². The van der Waals surface area contributed by atoms with Crippen molar-refractivity contribution in [3.63, 3.8) is 0 Å². The van der Waals surface area contributed by atoms with Crippen molar-refractivity contribution in [2.75, 3.05) is 39.1 Å². The Bertz CT molecular complexity index is 255. The highest BCUT2D eigenvalue weighted by Crippen LogP contribution is 1.94. The molecule has 0 spiro atoms. The van der Waals surface area contributed by atoms with Gasteiger partial charge in [-0.05, 0) is 38.8 Å². The van der Waals surface area contributed by atoms with Gasteiger partial charge in [0.2, 0.25) is 10.0 Å². The fourth-order valence-corrected chi connectivity index (χ4v) is 2.54. The van der Waals surface area contributed by atoms with Gasteiger partial charge >= 0.3 is 0 Å². The molecule has 0 rings (SSSR count). The summed E-state index contributed by atoms with van der Waals surface area (Å²) < 4.78 is 30.4. The summed E-state index contributed by atoms with van der Waals surface area (Å²) >= 11 is 0. The minimum atomic E-state index is -3.09. The summed E-state index contributed by atoms with van der Waals surface area (Å²) in [6.07, 6.45) is 3.43. The molecule has 0 bridgehead atoms. The summed E-state index contributed by atoms with van der Waals surface area (Å²) in [6, 6.07) is 0. The molecule has 0 aromatic heterocycles. The lowest BCUT2D eigenvalue weighted by atomic mass is 10.3. The van der Waals surface area contributed by atoms with Crippen LogP contribution in [0.1, 0.15) is 32.6 Å². The average molecular weight is 266 g/mol. The molecule has 104 valence electrons. The number of methoxy groups -OCH3 is 1. The van der Waals surface area contributed by atoms with Crippen LogP contribution < -0.4 is 10.0 Å². The summed E-state index contributed by atoms with van der Waals surface area (Å²) in [5, 5.41) is 3.25. The van der Waals surface area contributed by atoms with Crippen molar-refractivity contribution in [3.8, 4) is 0 Å². The molecule has 0 radical (unpaired) electrons. The van der Waals surface area contributed by atoms with E-state index in [0.717, 1.165) is 25.9 Å². The Labute approximate surface area is 105 Å². The van der Waals surface area contributed by atoms with Crippen LogP contribution >= 0.6 is 0 Å². The van der Waals surface area contributed by atoms with Crippen LogP contribution in [0.15, 0.2) is 0 Å². The van der Waals surface area contributed by atoms with E-state index in [0.29, 0.717) is 26.0 Å². The van der Waals surface area contributed by atoms with E-state index < -0.39 is 10.0 Å². The molecule has 17 heavy (non-hydrogen) atoms. The zero-order valence-electron chi connectivity index (χ0n) is 11.0. The second-order valence-corrected chi connectivity index (χ2v) is 5.94. The smallest absolute Gasteiger partial charge is 0.211 e. The SMILES string of the molecule is CCCNCCCCS(=O)(=O)NCCCOC. The molecular formula is C11H26N2O3S. The highest BCUT2D eigenvalue weighted by molar-refractivity contribution is 7.89. The lowest BCUT2D eigenvalue weighted by Gasteiger charge is -2.06. The number of rotatable bonds is 12. The lowest BCUT2D eigenvalue weighted by Crippen LogP contribution is -2.28. The molecular weight excluding hydrogens is 240 g/mol. The molecule has 0 amide bonds. The largest absolute Gasteiger partial charge is 0.385 e. The molecule has 6 heteroatoms. The van der Waals surface area contributed by atoms with E-state index in [1.165, 1.54) is 0 Å². The minimum Gasteiger partial charge on any atom is -0.385 e. The maximum absolute atomic E-state index is 11.5. The first kappa shape index (κ1) is 16.8. The zero-order valence-corrected chi connectivity index (χ0v) is 11.8. The molecule has 0 aromatic rings. The Morgan fingerprint density at radius 3 is 2.47 bits per heavy atom. The van der Waals surface area contributed by atoms with Gasteiger partial charge in [-0.2, -0.15) is 0 Å². The monoisotopic (exact) mass is 266 g/mol. The predicted octanol–water partition coefficient (Wildman–Crippen LogP) is 0.722. The molecule has 5 nitrogen and oxygen atoms in total. The minimum absolute atomic E-state index is 0.216. The van der Waals surface area contributed by atoms with Crippen LogP contribution in [0.2, 0.25) is 0 Å². The first-order valence-electron chi connectivity index (χ1n) is 6.29. The highest BCUT2D eigenvalue weighted by atomic mass is 32.2. The summed E-state index contributed by atoms with van der Waals surface area (Å²) in [5.74, 6) is 0.216. The van der Waals surface area contributed by atoms with E-state index in [9.17, 15) is 8.42 Å². The van der Waals surface area contributed by atoms with Gasteiger partial charge in [0.1, 0.15) is 0 Å². The van der Waals surface area contributed by atoms with Crippen molar-refractivity contribution >= 4 is 10.0 Å². The topological polar surface area (TPSA) is 67.4 Å². The lowest BCUT2D eigenvalue weighted by molar-refractivity contribution is 0.196. The van der Waals surface area contributed by atoms with Crippen LogP contribution in [0, 0.1) is 0 Å². The van der Waals surface area contributed by atoms with Gasteiger partial charge in [-0.25, -0.2) is 13.1 Å². The number of nitrogens with one attached hydrogen (secondary N) is 2. The first-order valence-corrected chi connectivity index (χ1v) is 7.94. The third-order valence-corrected chi connectivity index (χ3v) is 3.76. The molecule has 0 fully saturated rings. The number of hydrogen-bond acceptors (Lipinski definition) is 4. The zero-order chi connectivity index (χ0) is 13.0. The maximum atomic E-state index is 11.5. The molecule has 0 aliphatic carbocycles. The Balaban J connectivity index is 3.44. The third-order valence-electron chi connectivity index (χ3n) is 2.29. The van der Waals surface area contributed by atoms with Crippen molar-refractivity contribution in [1.29, 1.82) is 0 Å². The Hall–Kier alpha value is -0.170. The Kier molecular flexibility index (Phi) is 10.8. The summed E-state index contributed by atoms with van der Waals surface area (Å²) in [7, 11) is -1.48. The highest BCUT2D eigenvalue weighted by Gasteiger charge is 2.08. The van der Waals surface area contributed by atoms with Crippen LogP contribution in [-0.4, -0.2) is 47.5 Å². The predicted molar refractivity (Wildman–Crippen MR) is 70.7 cm³/mol. The number of ether oxygens (including phenoxy) is 1. The standard InChI is InChI=1S/C11H26N2O3S/c1-3-7-12-8-4-5-11-17(14,15)13-9-6-10-16-2/h12-13H,3-11H2,1-2H3. The molecule has 0 saturated heterocycles.